The third-order valence-corrected chi connectivity index (χ3v) is 5.06. The van der Waals surface area contributed by atoms with Gasteiger partial charge in [0.15, 0.2) is 0 Å². The van der Waals surface area contributed by atoms with Gasteiger partial charge in [0, 0.05) is 31.9 Å². The van der Waals surface area contributed by atoms with E-state index in [1.165, 1.54) is 16.8 Å². The Labute approximate surface area is 192 Å². The van der Waals surface area contributed by atoms with Crippen LogP contribution in [0.4, 0.5) is 5.69 Å². The minimum Gasteiger partial charge on any atom is -0.369 e. The first-order chi connectivity index (χ1) is 12.6. The molecule has 0 bridgehead atoms. The highest BCUT2D eigenvalue weighted by Gasteiger charge is 2.13. The molecule has 3 N–H and O–H groups in total. The van der Waals surface area contributed by atoms with Gasteiger partial charge in [-0.25, -0.2) is 5.84 Å². The fourth-order valence-electron chi connectivity index (χ4n) is 3.29. The fraction of sp³-hybridized carbons (Fsp3) is 0.381. The van der Waals surface area contributed by atoms with Crippen LogP contribution in [0.1, 0.15) is 16.7 Å². The number of anilines is 1. The first kappa shape index (κ1) is 27.5. The third kappa shape index (κ3) is 8.41. The summed E-state index contributed by atoms with van der Waals surface area (Å²) in [4.78, 5) is 16.1. The second-order valence-corrected chi connectivity index (χ2v) is 7.02. The van der Waals surface area contributed by atoms with E-state index in [4.69, 9.17) is 5.84 Å². The second kappa shape index (κ2) is 13.7. The monoisotopic (exact) mass is 460 g/mol. The summed E-state index contributed by atoms with van der Waals surface area (Å²) in [7, 11) is 2.18. The number of aryl methyl sites for hydroxylation is 2. The highest BCUT2D eigenvalue weighted by molar-refractivity contribution is 5.86. The highest BCUT2D eigenvalue weighted by Crippen LogP contribution is 2.18. The van der Waals surface area contributed by atoms with Gasteiger partial charge in [-0.1, -0.05) is 36.4 Å². The number of piperazine rings is 1. The molecule has 1 fully saturated rings. The Morgan fingerprint density at radius 1 is 0.828 bits per heavy atom. The number of amides is 1. The number of carbonyl (C=O) groups is 1. The van der Waals surface area contributed by atoms with Crippen LogP contribution in [0.3, 0.4) is 0 Å². The van der Waals surface area contributed by atoms with E-state index in [0.29, 0.717) is 6.42 Å². The molecule has 0 unspecified atom stereocenters. The Kier molecular flexibility index (Phi) is 13.0. The number of hydrogen-bond acceptors (Lipinski definition) is 4. The van der Waals surface area contributed by atoms with E-state index in [2.05, 4.69) is 58.7 Å². The lowest BCUT2D eigenvalue weighted by molar-refractivity contribution is -0.120. The predicted octanol–water partition coefficient (Wildman–Crippen LogP) is 3.02. The zero-order valence-corrected chi connectivity index (χ0v) is 19.1. The average Bonchev–Trinajstić information content (AvgIpc) is 2.68. The van der Waals surface area contributed by atoms with Gasteiger partial charge in [0.1, 0.15) is 0 Å². The van der Waals surface area contributed by atoms with E-state index in [9.17, 15) is 4.79 Å². The Balaban J connectivity index is 0.00000261. The summed E-state index contributed by atoms with van der Waals surface area (Å²) in [5.41, 5.74) is 7.10. The Morgan fingerprint density at radius 2 is 1.28 bits per heavy atom. The maximum Gasteiger partial charge on any atom is 0.238 e. The maximum absolute atomic E-state index is 11.3. The molecule has 0 spiro atoms. The highest BCUT2D eigenvalue weighted by atomic mass is 35.5. The molecule has 1 saturated heterocycles. The third-order valence-electron chi connectivity index (χ3n) is 5.06. The van der Waals surface area contributed by atoms with Crippen LogP contribution in [-0.2, 0) is 24.1 Å². The summed E-state index contributed by atoms with van der Waals surface area (Å²) in [5, 5.41) is 0. The fourth-order valence-corrected chi connectivity index (χ4v) is 3.29. The summed E-state index contributed by atoms with van der Waals surface area (Å²) in [6, 6.07) is 17.2. The Morgan fingerprint density at radius 3 is 1.76 bits per heavy atom. The standard InChI is InChI=1S/C21H28N4O.3ClH/c1-24-12-14-25(15-13-24)20-10-8-18(9-11-20)3-2-17-4-6-19(7-5-17)16-21(26)23-22;;;/h4-11H,2-3,12-16,22H2,1H3,(H,23,26);3*1H. The van der Waals surface area contributed by atoms with Crippen molar-refractivity contribution in [1.29, 1.82) is 0 Å². The van der Waals surface area contributed by atoms with Gasteiger partial charge < -0.3 is 9.80 Å². The lowest BCUT2D eigenvalue weighted by atomic mass is 10.0. The molecule has 2 aromatic rings. The number of likely N-dealkylation sites (N-methyl/N-ethyl adjacent to an activating group) is 1. The van der Waals surface area contributed by atoms with Crippen LogP contribution in [0.15, 0.2) is 48.5 Å². The molecular formula is C21H31Cl3N4O. The molecule has 0 aliphatic carbocycles. The molecule has 1 heterocycles. The van der Waals surface area contributed by atoms with Gasteiger partial charge in [0.25, 0.3) is 0 Å². The van der Waals surface area contributed by atoms with Crippen molar-refractivity contribution in [2.24, 2.45) is 5.84 Å². The van der Waals surface area contributed by atoms with Crippen molar-refractivity contribution in [1.82, 2.24) is 10.3 Å². The quantitative estimate of drug-likeness (QED) is 0.394. The number of halogens is 3. The molecule has 29 heavy (non-hydrogen) atoms. The van der Waals surface area contributed by atoms with E-state index >= 15 is 0 Å². The summed E-state index contributed by atoms with van der Waals surface area (Å²) in [6.07, 6.45) is 2.34. The van der Waals surface area contributed by atoms with Gasteiger partial charge in [-0.15, -0.1) is 37.2 Å². The van der Waals surface area contributed by atoms with E-state index < -0.39 is 0 Å². The zero-order valence-electron chi connectivity index (χ0n) is 16.7. The maximum atomic E-state index is 11.3. The van der Waals surface area contributed by atoms with Gasteiger partial charge in [-0.3, -0.25) is 10.2 Å². The van der Waals surface area contributed by atoms with Crippen molar-refractivity contribution in [3.8, 4) is 0 Å². The zero-order chi connectivity index (χ0) is 18.4. The molecular weight excluding hydrogens is 431 g/mol. The molecule has 8 heteroatoms. The number of hydrazine groups is 1. The van der Waals surface area contributed by atoms with Crippen molar-refractivity contribution < 1.29 is 4.79 Å². The molecule has 0 radical (unpaired) electrons. The molecule has 0 aromatic heterocycles. The van der Waals surface area contributed by atoms with Crippen LogP contribution in [0.5, 0.6) is 0 Å². The van der Waals surface area contributed by atoms with Crippen molar-refractivity contribution in [2.45, 2.75) is 19.3 Å². The first-order valence-corrected chi connectivity index (χ1v) is 9.24. The molecule has 5 nitrogen and oxygen atoms in total. The number of carbonyl (C=O) groups excluding carboxylic acids is 1. The second-order valence-electron chi connectivity index (χ2n) is 7.02. The molecule has 0 saturated carbocycles. The summed E-state index contributed by atoms with van der Waals surface area (Å²) in [5.74, 6) is 4.95. The van der Waals surface area contributed by atoms with E-state index in [-0.39, 0.29) is 43.1 Å². The minimum atomic E-state index is -0.168. The van der Waals surface area contributed by atoms with E-state index in [0.717, 1.165) is 44.6 Å². The van der Waals surface area contributed by atoms with Crippen molar-refractivity contribution in [2.75, 3.05) is 38.1 Å². The lowest BCUT2D eigenvalue weighted by Crippen LogP contribution is -2.44. The first-order valence-electron chi connectivity index (χ1n) is 9.24. The lowest BCUT2D eigenvalue weighted by Gasteiger charge is -2.34. The molecule has 162 valence electrons. The molecule has 1 aliphatic heterocycles. The Bertz CT molecular complexity index is 718. The van der Waals surface area contributed by atoms with Gasteiger partial charge in [0.2, 0.25) is 5.91 Å². The van der Waals surface area contributed by atoms with Crippen LogP contribution >= 0.6 is 37.2 Å². The molecule has 3 rings (SSSR count). The normalized spacial score (nSPS) is 13.5. The molecule has 1 aliphatic rings. The largest absolute Gasteiger partial charge is 0.369 e. The number of nitrogens with zero attached hydrogens (tertiary/aromatic N) is 2. The number of rotatable bonds is 6. The van der Waals surface area contributed by atoms with Gasteiger partial charge >= 0.3 is 0 Å². The van der Waals surface area contributed by atoms with Gasteiger partial charge in [-0.05, 0) is 48.7 Å². The van der Waals surface area contributed by atoms with Crippen molar-refractivity contribution >= 4 is 48.8 Å². The van der Waals surface area contributed by atoms with Gasteiger partial charge in [-0.2, -0.15) is 0 Å². The number of nitrogens with two attached hydrogens (primary N) is 1. The van der Waals surface area contributed by atoms with Crippen LogP contribution in [0.2, 0.25) is 0 Å². The Hall–Kier alpha value is -1.50. The van der Waals surface area contributed by atoms with E-state index in [1.54, 1.807) is 0 Å². The summed E-state index contributed by atoms with van der Waals surface area (Å²) >= 11 is 0. The molecule has 0 atom stereocenters. The molecule has 2 aromatic carbocycles. The van der Waals surface area contributed by atoms with Crippen LogP contribution in [-0.4, -0.2) is 44.0 Å². The number of hydrogen-bond donors (Lipinski definition) is 2. The minimum absolute atomic E-state index is 0. The number of benzene rings is 2. The SMILES string of the molecule is CN1CCN(c2ccc(CCc3ccc(CC(=O)NN)cc3)cc2)CC1.Cl.Cl.Cl. The van der Waals surface area contributed by atoms with Crippen LogP contribution in [0, 0.1) is 0 Å². The van der Waals surface area contributed by atoms with Gasteiger partial charge in [0.05, 0.1) is 6.42 Å². The van der Waals surface area contributed by atoms with Crippen LogP contribution in [0.25, 0.3) is 0 Å². The predicted molar refractivity (Wildman–Crippen MR) is 128 cm³/mol. The van der Waals surface area contributed by atoms with Crippen molar-refractivity contribution in [3.63, 3.8) is 0 Å². The smallest absolute Gasteiger partial charge is 0.238 e. The van der Waals surface area contributed by atoms with Crippen LogP contribution < -0.4 is 16.2 Å². The topological polar surface area (TPSA) is 61.6 Å². The molecule has 1 amide bonds. The number of nitrogens with one attached hydrogen (secondary N) is 1. The average molecular weight is 462 g/mol. The van der Waals surface area contributed by atoms with E-state index in [1.807, 2.05) is 12.1 Å². The van der Waals surface area contributed by atoms with Crippen molar-refractivity contribution in [3.05, 3.63) is 65.2 Å². The summed E-state index contributed by atoms with van der Waals surface area (Å²) < 4.78 is 0. The summed E-state index contributed by atoms with van der Waals surface area (Å²) in [6.45, 7) is 4.46.